The van der Waals surface area contributed by atoms with Gasteiger partial charge in [-0.25, -0.2) is 8.42 Å². The zero-order valence-corrected chi connectivity index (χ0v) is 12.4. The number of hydrogen-bond acceptors (Lipinski definition) is 6. The van der Waals surface area contributed by atoms with Crippen molar-refractivity contribution in [2.75, 3.05) is 19.4 Å². The zero-order chi connectivity index (χ0) is 14.8. The summed E-state index contributed by atoms with van der Waals surface area (Å²) in [5.41, 5.74) is 0. The van der Waals surface area contributed by atoms with Gasteiger partial charge in [-0.1, -0.05) is 0 Å². The molecule has 2 N–H and O–H groups in total. The number of methoxy groups -OCH3 is 1. The summed E-state index contributed by atoms with van der Waals surface area (Å²) >= 11 is 1.15. The van der Waals surface area contributed by atoms with E-state index >= 15 is 0 Å². The predicted molar refractivity (Wildman–Crippen MR) is 75.9 cm³/mol. The smallest absolute Gasteiger partial charge is 0.322 e. The van der Waals surface area contributed by atoms with E-state index in [9.17, 15) is 13.2 Å². The van der Waals surface area contributed by atoms with E-state index in [1.165, 1.54) is 19.2 Å². The first kappa shape index (κ1) is 15.1. The molecule has 1 heterocycles. The van der Waals surface area contributed by atoms with Crippen LogP contribution in [0.1, 0.15) is 0 Å². The van der Waals surface area contributed by atoms with E-state index in [-0.39, 0.29) is 4.90 Å². The Labute approximate surface area is 121 Å². The first-order valence-corrected chi connectivity index (χ1v) is 8.52. The minimum Gasteiger partial charge on any atom is -0.497 e. The second-order valence-corrected chi connectivity index (χ2v) is 7.85. The molecule has 1 aliphatic heterocycles. The lowest BCUT2D eigenvalue weighted by Crippen LogP contribution is -2.52. The average molecular weight is 317 g/mol. The Hall–Kier alpha value is -1.25. The molecule has 1 aromatic carbocycles. The number of carbonyl (C=O) groups is 1. The van der Waals surface area contributed by atoms with Gasteiger partial charge in [-0.05, 0) is 24.3 Å². The molecule has 0 saturated carbocycles. The van der Waals surface area contributed by atoms with Crippen LogP contribution in [0.3, 0.4) is 0 Å². The molecule has 20 heavy (non-hydrogen) atoms. The second kappa shape index (κ2) is 6.02. The van der Waals surface area contributed by atoms with Gasteiger partial charge in [-0.2, -0.15) is 0 Å². The van der Waals surface area contributed by atoms with Gasteiger partial charge in [0.1, 0.15) is 16.4 Å². The van der Waals surface area contributed by atoms with E-state index in [0.29, 0.717) is 18.0 Å². The highest BCUT2D eigenvalue weighted by Gasteiger charge is 2.41. The zero-order valence-electron chi connectivity index (χ0n) is 10.8. The van der Waals surface area contributed by atoms with Crippen molar-refractivity contribution in [1.29, 1.82) is 0 Å². The Morgan fingerprint density at radius 2 is 2.05 bits per heavy atom. The summed E-state index contributed by atoms with van der Waals surface area (Å²) in [4.78, 5) is 11.3. The number of thioether (sulfide) groups is 1. The normalized spacial score (nSPS) is 23.2. The molecular formula is C12H15NO5S2. The van der Waals surface area contributed by atoms with Crippen LogP contribution in [-0.2, 0) is 14.6 Å². The average Bonchev–Trinajstić information content (AvgIpc) is 2.47. The molecule has 1 aliphatic rings. The lowest BCUT2D eigenvalue weighted by Gasteiger charge is -2.28. The van der Waals surface area contributed by atoms with Crippen LogP contribution in [0.2, 0.25) is 0 Å². The lowest BCUT2D eigenvalue weighted by molar-refractivity contribution is -0.139. The van der Waals surface area contributed by atoms with E-state index in [2.05, 4.69) is 5.32 Å². The minimum atomic E-state index is -3.72. The molecule has 0 bridgehead atoms. The first-order chi connectivity index (χ1) is 9.46. The SMILES string of the molecule is COc1ccc(S(=O)(=O)C2SCCNC2C(=O)O)cc1. The van der Waals surface area contributed by atoms with Crippen molar-refractivity contribution in [3.63, 3.8) is 0 Å². The second-order valence-electron chi connectivity index (χ2n) is 4.23. The van der Waals surface area contributed by atoms with Crippen LogP contribution in [0, 0.1) is 0 Å². The third-order valence-electron chi connectivity index (χ3n) is 2.98. The molecule has 2 atom stereocenters. The van der Waals surface area contributed by atoms with Crippen LogP contribution in [0.4, 0.5) is 0 Å². The standard InChI is InChI=1S/C12H15NO5S2/c1-18-8-2-4-9(5-3-8)20(16,17)12-10(11(14)15)13-6-7-19-12/h2-5,10,12-13H,6-7H2,1H3,(H,14,15). The van der Waals surface area contributed by atoms with Gasteiger partial charge in [-0.15, -0.1) is 11.8 Å². The summed E-state index contributed by atoms with van der Waals surface area (Å²) in [5.74, 6) is -0.0449. The van der Waals surface area contributed by atoms with Gasteiger partial charge in [-0.3, -0.25) is 4.79 Å². The molecule has 8 heteroatoms. The third kappa shape index (κ3) is 2.92. The Kier molecular flexibility index (Phi) is 4.56. The van der Waals surface area contributed by atoms with Crippen LogP contribution in [0.25, 0.3) is 0 Å². The molecule has 0 spiro atoms. The van der Waals surface area contributed by atoms with Crippen molar-refractivity contribution < 1.29 is 23.1 Å². The lowest BCUT2D eigenvalue weighted by atomic mass is 10.3. The number of aliphatic carboxylic acids is 1. The molecule has 1 fully saturated rings. The van der Waals surface area contributed by atoms with E-state index in [4.69, 9.17) is 9.84 Å². The number of rotatable bonds is 4. The van der Waals surface area contributed by atoms with E-state index in [1.807, 2.05) is 0 Å². The Balaban J connectivity index is 2.34. The molecule has 2 rings (SSSR count). The van der Waals surface area contributed by atoms with Gasteiger partial charge in [0.25, 0.3) is 0 Å². The van der Waals surface area contributed by atoms with Crippen molar-refractivity contribution in [3.8, 4) is 5.75 Å². The molecule has 0 aliphatic carbocycles. The topological polar surface area (TPSA) is 92.7 Å². The van der Waals surface area contributed by atoms with Crippen molar-refractivity contribution in [2.45, 2.75) is 15.5 Å². The van der Waals surface area contributed by atoms with E-state index < -0.39 is 26.4 Å². The monoisotopic (exact) mass is 317 g/mol. The molecule has 110 valence electrons. The molecule has 0 aromatic heterocycles. The first-order valence-electron chi connectivity index (χ1n) is 5.92. The molecule has 0 amide bonds. The van der Waals surface area contributed by atoms with E-state index in [1.54, 1.807) is 12.1 Å². The highest BCUT2D eigenvalue weighted by molar-refractivity contribution is 8.13. The third-order valence-corrected chi connectivity index (χ3v) is 7.00. The molecule has 0 radical (unpaired) electrons. The fourth-order valence-corrected chi connectivity index (χ4v) is 5.52. The number of benzene rings is 1. The van der Waals surface area contributed by atoms with Crippen molar-refractivity contribution in [2.24, 2.45) is 0 Å². The fourth-order valence-electron chi connectivity index (χ4n) is 1.95. The van der Waals surface area contributed by atoms with Crippen LogP contribution in [0.5, 0.6) is 5.75 Å². The Bertz CT molecular complexity index is 584. The van der Waals surface area contributed by atoms with Crippen LogP contribution >= 0.6 is 11.8 Å². The van der Waals surface area contributed by atoms with Crippen LogP contribution in [-0.4, -0.2) is 49.5 Å². The quantitative estimate of drug-likeness (QED) is 0.839. The number of ether oxygens (including phenoxy) is 1. The Morgan fingerprint density at radius 3 is 2.60 bits per heavy atom. The van der Waals surface area contributed by atoms with Gasteiger partial charge in [0.15, 0.2) is 9.84 Å². The Morgan fingerprint density at radius 1 is 1.40 bits per heavy atom. The maximum atomic E-state index is 12.5. The van der Waals surface area contributed by atoms with Gasteiger partial charge in [0.2, 0.25) is 0 Å². The molecular weight excluding hydrogens is 302 g/mol. The number of nitrogens with one attached hydrogen (secondary N) is 1. The van der Waals surface area contributed by atoms with Crippen molar-refractivity contribution >= 4 is 27.6 Å². The summed E-state index contributed by atoms with van der Waals surface area (Å²) in [5, 5.41) is 11.9. The van der Waals surface area contributed by atoms with E-state index in [0.717, 1.165) is 11.8 Å². The highest BCUT2D eigenvalue weighted by Crippen LogP contribution is 2.30. The van der Waals surface area contributed by atoms with Gasteiger partial charge < -0.3 is 15.2 Å². The van der Waals surface area contributed by atoms with Crippen molar-refractivity contribution in [3.05, 3.63) is 24.3 Å². The van der Waals surface area contributed by atoms with Gasteiger partial charge >= 0.3 is 5.97 Å². The summed E-state index contributed by atoms with van der Waals surface area (Å²) in [6.07, 6.45) is 0. The largest absolute Gasteiger partial charge is 0.497 e. The van der Waals surface area contributed by atoms with Crippen LogP contribution in [0.15, 0.2) is 29.2 Å². The fraction of sp³-hybridized carbons (Fsp3) is 0.417. The van der Waals surface area contributed by atoms with Gasteiger partial charge in [0, 0.05) is 12.3 Å². The number of carboxylic acids is 1. The molecule has 2 unspecified atom stereocenters. The van der Waals surface area contributed by atoms with Crippen LogP contribution < -0.4 is 10.1 Å². The number of sulfone groups is 1. The molecule has 1 aromatic rings. The summed E-state index contributed by atoms with van der Waals surface area (Å²) in [7, 11) is -2.23. The molecule has 1 saturated heterocycles. The summed E-state index contributed by atoms with van der Waals surface area (Å²) in [6, 6.07) is 4.86. The maximum absolute atomic E-state index is 12.5. The van der Waals surface area contributed by atoms with Crippen molar-refractivity contribution in [1.82, 2.24) is 5.32 Å². The summed E-state index contributed by atoms with van der Waals surface area (Å²) in [6.45, 7) is 0.482. The van der Waals surface area contributed by atoms with Gasteiger partial charge in [0.05, 0.1) is 12.0 Å². The number of carboxylic acid groups (broad SMARTS) is 1. The highest BCUT2D eigenvalue weighted by atomic mass is 32.3. The summed E-state index contributed by atoms with van der Waals surface area (Å²) < 4.78 is 29.0. The minimum absolute atomic E-state index is 0.103. The number of hydrogen-bond donors (Lipinski definition) is 2. The maximum Gasteiger partial charge on any atom is 0.322 e. The predicted octanol–water partition coefficient (Wildman–Crippen LogP) is 0.585. The molecule has 6 nitrogen and oxygen atoms in total.